The van der Waals surface area contributed by atoms with Gasteiger partial charge in [0.2, 0.25) is 10.0 Å². The van der Waals surface area contributed by atoms with E-state index in [2.05, 4.69) is 5.32 Å². The molecule has 0 radical (unpaired) electrons. The van der Waals surface area contributed by atoms with Crippen molar-refractivity contribution in [3.05, 3.63) is 0 Å². The van der Waals surface area contributed by atoms with Gasteiger partial charge in [-0.2, -0.15) is 0 Å². The average molecular weight is 282 g/mol. The van der Waals surface area contributed by atoms with Crippen LogP contribution in [0.3, 0.4) is 0 Å². The molecule has 0 bridgehead atoms. The standard InChI is InChI=1S/C11H26N2O4S/c1-4-13(18(3,16)17)7-5-6-12-8-11(2,9-14)10-15/h12,14-15H,4-10H2,1-3H3. The van der Waals surface area contributed by atoms with E-state index in [4.69, 9.17) is 10.2 Å². The van der Waals surface area contributed by atoms with Crippen LogP contribution in [0.1, 0.15) is 20.3 Å². The van der Waals surface area contributed by atoms with E-state index in [-0.39, 0.29) is 13.2 Å². The number of hydrogen-bond donors (Lipinski definition) is 3. The molecule has 0 heterocycles. The molecule has 0 unspecified atom stereocenters. The molecule has 0 aromatic rings. The minimum Gasteiger partial charge on any atom is -0.396 e. The van der Waals surface area contributed by atoms with Gasteiger partial charge < -0.3 is 15.5 Å². The minimum absolute atomic E-state index is 0.0824. The minimum atomic E-state index is -3.11. The van der Waals surface area contributed by atoms with Crippen LogP contribution in [0.25, 0.3) is 0 Å². The molecule has 18 heavy (non-hydrogen) atoms. The molecule has 0 rings (SSSR count). The molecule has 0 fully saturated rings. The Labute approximate surface area is 110 Å². The number of sulfonamides is 1. The SMILES string of the molecule is CCN(CCCNCC(C)(CO)CO)S(C)(=O)=O. The molecule has 0 aliphatic carbocycles. The van der Waals surface area contributed by atoms with Crippen molar-refractivity contribution in [2.45, 2.75) is 20.3 Å². The highest BCUT2D eigenvalue weighted by Crippen LogP contribution is 2.11. The largest absolute Gasteiger partial charge is 0.396 e. The highest BCUT2D eigenvalue weighted by atomic mass is 32.2. The molecule has 0 aliphatic heterocycles. The second kappa shape index (κ2) is 8.06. The first-order valence-corrected chi connectivity index (χ1v) is 8.01. The van der Waals surface area contributed by atoms with Gasteiger partial charge in [0.05, 0.1) is 19.5 Å². The van der Waals surface area contributed by atoms with Crippen molar-refractivity contribution >= 4 is 10.0 Å². The second-order valence-electron chi connectivity index (χ2n) is 4.91. The predicted molar refractivity (Wildman–Crippen MR) is 71.9 cm³/mol. The molecular weight excluding hydrogens is 256 g/mol. The van der Waals surface area contributed by atoms with Gasteiger partial charge >= 0.3 is 0 Å². The fourth-order valence-corrected chi connectivity index (χ4v) is 2.42. The van der Waals surface area contributed by atoms with E-state index in [1.807, 2.05) is 6.92 Å². The van der Waals surface area contributed by atoms with E-state index < -0.39 is 15.4 Å². The summed E-state index contributed by atoms with van der Waals surface area (Å²) in [5, 5.41) is 21.3. The fourth-order valence-electron chi connectivity index (χ4n) is 1.49. The van der Waals surface area contributed by atoms with Gasteiger partial charge in [0.1, 0.15) is 0 Å². The summed E-state index contributed by atoms with van der Waals surface area (Å²) in [6.07, 6.45) is 1.91. The summed E-state index contributed by atoms with van der Waals surface area (Å²) >= 11 is 0. The van der Waals surface area contributed by atoms with Crippen molar-refractivity contribution in [1.82, 2.24) is 9.62 Å². The number of aliphatic hydroxyl groups excluding tert-OH is 2. The smallest absolute Gasteiger partial charge is 0.211 e. The third-order valence-corrected chi connectivity index (χ3v) is 4.28. The van der Waals surface area contributed by atoms with Crippen LogP contribution in [0.5, 0.6) is 0 Å². The molecule has 0 atom stereocenters. The van der Waals surface area contributed by atoms with Crippen molar-refractivity contribution in [1.29, 1.82) is 0 Å². The summed E-state index contributed by atoms with van der Waals surface area (Å²) in [6.45, 7) is 5.55. The molecule has 0 aromatic carbocycles. The number of aliphatic hydroxyl groups is 2. The van der Waals surface area contributed by atoms with Crippen LogP contribution in [0.4, 0.5) is 0 Å². The van der Waals surface area contributed by atoms with Gasteiger partial charge in [0.25, 0.3) is 0 Å². The maximum absolute atomic E-state index is 11.3. The summed E-state index contributed by atoms with van der Waals surface area (Å²) in [7, 11) is -3.11. The van der Waals surface area contributed by atoms with E-state index >= 15 is 0 Å². The summed E-state index contributed by atoms with van der Waals surface area (Å²) in [6, 6.07) is 0. The molecule has 6 nitrogen and oxygen atoms in total. The van der Waals surface area contributed by atoms with Crippen molar-refractivity contribution in [2.75, 3.05) is 45.6 Å². The van der Waals surface area contributed by atoms with Crippen molar-refractivity contribution in [3.63, 3.8) is 0 Å². The Hall–Kier alpha value is -0.210. The van der Waals surface area contributed by atoms with Crippen LogP contribution in [0, 0.1) is 5.41 Å². The molecule has 0 aromatic heterocycles. The lowest BCUT2D eigenvalue weighted by atomic mass is 9.93. The molecule has 0 spiro atoms. The maximum Gasteiger partial charge on any atom is 0.211 e. The Bertz CT molecular complexity index is 315. The lowest BCUT2D eigenvalue weighted by Crippen LogP contribution is -2.39. The first kappa shape index (κ1) is 17.8. The van der Waals surface area contributed by atoms with Gasteiger partial charge in [-0.1, -0.05) is 13.8 Å². The van der Waals surface area contributed by atoms with Crippen LogP contribution in [0.15, 0.2) is 0 Å². The van der Waals surface area contributed by atoms with Crippen LogP contribution in [-0.2, 0) is 10.0 Å². The molecule has 110 valence electrons. The van der Waals surface area contributed by atoms with Crippen LogP contribution in [0.2, 0.25) is 0 Å². The van der Waals surface area contributed by atoms with Crippen molar-refractivity contribution in [3.8, 4) is 0 Å². The monoisotopic (exact) mass is 282 g/mol. The number of nitrogens with one attached hydrogen (secondary N) is 1. The van der Waals surface area contributed by atoms with Gasteiger partial charge in [0.15, 0.2) is 0 Å². The molecule has 3 N–H and O–H groups in total. The number of rotatable bonds is 10. The zero-order valence-electron chi connectivity index (χ0n) is 11.5. The van der Waals surface area contributed by atoms with E-state index in [0.717, 1.165) is 0 Å². The van der Waals surface area contributed by atoms with Gasteiger partial charge in [-0.3, -0.25) is 0 Å². The molecule has 0 saturated carbocycles. The van der Waals surface area contributed by atoms with E-state index in [9.17, 15) is 8.42 Å². The zero-order chi connectivity index (χ0) is 14.2. The summed E-state index contributed by atoms with van der Waals surface area (Å²) < 4.78 is 24.1. The molecule has 7 heteroatoms. The lowest BCUT2D eigenvalue weighted by Gasteiger charge is -2.25. The summed E-state index contributed by atoms with van der Waals surface area (Å²) in [5.74, 6) is 0. The number of hydrogen-bond acceptors (Lipinski definition) is 5. The quantitative estimate of drug-likeness (QED) is 0.458. The Morgan fingerprint density at radius 2 is 1.83 bits per heavy atom. The van der Waals surface area contributed by atoms with E-state index in [1.54, 1.807) is 6.92 Å². The molecular formula is C11H26N2O4S. The Morgan fingerprint density at radius 3 is 2.22 bits per heavy atom. The summed E-state index contributed by atoms with van der Waals surface area (Å²) in [5.41, 5.74) is -0.527. The first-order valence-electron chi connectivity index (χ1n) is 6.16. The first-order chi connectivity index (χ1) is 8.29. The van der Waals surface area contributed by atoms with Crippen LogP contribution in [-0.4, -0.2) is 68.6 Å². The summed E-state index contributed by atoms with van der Waals surface area (Å²) in [4.78, 5) is 0. The van der Waals surface area contributed by atoms with Gasteiger partial charge in [-0.15, -0.1) is 0 Å². The second-order valence-corrected chi connectivity index (χ2v) is 6.89. The topological polar surface area (TPSA) is 89.9 Å². The van der Waals surface area contributed by atoms with Crippen molar-refractivity contribution < 1.29 is 18.6 Å². The van der Waals surface area contributed by atoms with Gasteiger partial charge in [-0.25, -0.2) is 12.7 Å². The molecule has 0 saturated heterocycles. The third kappa shape index (κ3) is 6.65. The highest BCUT2D eigenvalue weighted by Gasteiger charge is 2.21. The third-order valence-electron chi connectivity index (χ3n) is 2.90. The molecule has 0 aliphatic rings. The maximum atomic E-state index is 11.3. The van der Waals surface area contributed by atoms with Crippen LogP contribution >= 0.6 is 0 Å². The van der Waals surface area contributed by atoms with Gasteiger partial charge in [-0.05, 0) is 13.0 Å². The lowest BCUT2D eigenvalue weighted by molar-refractivity contribution is 0.0698. The Morgan fingerprint density at radius 1 is 1.28 bits per heavy atom. The predicted octanol–water partition coefficient (Wildman–Crippen LogP) is -0.761. The van der Waals surface area contributed by atoms with E-state index in [1.165, 1.54) is 10.6 Å². The average Bonchev–Trinajstić information content (AvgIpc) is 2.31. The Kier molecular flexibility index (Phi) is 7.97. The van der Waals surface area contributed by atoms with Crippen LogP contribution < -0.4 is 5.32 Å². The normalized spacial score (nSPS) is 13.2. The van der Waals surface area contributed by atoms with Crippen molar-refractivity contribution in [2.24, 2.45) is 5.41 Å². The van der Waals surface area contributed by atoms with Gasteiger partial charge in [0, 0.05) is 25.0 Å². The van der Waals surface area contributed by atoms with E-state index in [0.29, 0.717) is 32.6 Å². The number of nitrogens with zero attached hydrogens (tertiary/aromatic N) is 1. The Balaban J connectivity index is 3.87. The zero-order valence-corrected chi connectivity index (χ0v) is 12.3. The molecule has 0 amide bonds. The fraction of sp³-hybridized carbons (Fsp3) is 1.00. The highest BCUT2D eigenvalue weighted by molar-refractivity contribution is 7.88.